The summed E-state index contributed by atoms with van der Waals surface area (Å²) in [6.45, 7) is 3.35. The highest BCUT2D eigenvalue weighted by molar-refractivity contribution is 7.80. The van der Waals surface area contributed by atoms with Crippen molar-refractivity contribution in [2.24, 2.45) is 5.73 Å². The Morgan fingerprint density at radius 3 is 2.67 bits per heavy atom. The summed E-state index contributed by atoms with van der Waals surface area (Å²) in [6, 6.07) is 4.27. The minimum atomic E-state index is -0.815. The lowest BCUT2D eigenvalue weighted by Gasteiger charge is -2.24. The van der Waals surface area contributed by atoms with Crippen LogP contribution < -0.4 is 11.1 Å². The number of carbonyl (C=O) groups excluding carboxylic acids is 1. The summed E-state index contributed by atoms with van der Waals surface area (Å²) in [5.74, 6) is -0.898. The van der Waals surface area contributed by atoms with Crippen molar-refractivity contribution in [1.29, 1.82) is 0 Å². The second-order valence-corrected chi connectivity index (χ2v) is 5.26. The molecule has 0 spiro atoms. The van der Waals surface area contributed by atoms with E-state index in [2.05, 4.69) is 5.32 Å². The third-order valence-electron chi connectivity index (χ3n) is 2.47. The van der Waals surface area contributed by atoms with Crippen LogP contribution in [0.3, 0.4) is 0 Å². The quantitative estimate of drug-likeness (QED) is 0.835. The molecule has 3 nitrogen and oxygen atoms in total. The summed E-state index contributed by atoms with van der Waals surface area (Å²) in [7, 11) is 0. The maximum Gasteiger partial charge on any atom is 0.225 e. The number of amides is 1. The molecule has 0 saturated carbocycles. The molecule has 1 aromatic carbocycles. The number of thiocarbonyl (C=S) groups is 1. The first-order chi connectivity index (χ1) is 8.24. The van der Waals surface area contributed by atoms with Crippen LogP contribution in [-0.2, 0) is 11.2 Å². The van der Waals surface area contributed by atoms with Crippen molar-refractivity contribution in [2.75, 3.05) is 0 Å². The van der Waals surface area contributed by atoms with Crippen LogP contribution in [0.5, 0.6) is 0 Å². The van der Waals surface area contributed by atoms with Gasteiger partial charge >= 0.3 is 0 Å². The molecule has 0 bridgehead atoms. The number of hydrogen-bond acceptors (Lipinski definition) is 2. The van der Waals surface area contributed by atoms with Crippen LogP contribution in [0.25, 0.3) is 0 Å². The van der Waals surface area contributed by atoms with Crippen molar-refractivity contribution < 1.29 is 9.18 Å². The molecule has 1 amide bonds. The summed E-state index contributed by atoms with van der Waals surface area (Å²) in [6.07, 6.45) is -0.155. The SMILES string of the molecule is CC(C)(NC(=O)Cc1c(F)cccc1Cl)C(N)=S. The zero-order chi connectivity index (χ0) is 13.9. The van der Waals surface area contributed by atoms with Gasteiger partial charge in [-0.2, -0.15) is 0 Å². The Morgan fingerprint density at radius 2 is 2.17 bits per heavy atom. The predicted molar refractivity (Wildman–Crippen MR) is 74.1 cm³/mol. The van der Waals surface area contributed by atoms with Gasteiger partial charge in [0.15, 0.2) is 0 Å². The molecular weight excluding hydrogens is 275 g/mol. The number of benzene rings is 1. The standard InChI is InChI=1S/C12H14ClFN2OS/c1-12(2,11(15)18)16-10(17)6-7-8(13)4-3-5-9(7)14/h3-5H,6H2,1-2H3,(H2,15,18)(H,16,17). The van der Waals surface area contributed by atoms with Gasteiger partial charge in [0.25, 0.3) is 0 Å². The van der Waals surface area contributed by atoms with Gasteiger partial charge in [0, 0.05) is 10.6 Å². The minimum absolute atomic E-state index is 0.155. The van der Waals surface area contributed by atoms with Crippen LogP contribution in [0.1, 0.15) is 19.4 Å². The fraction of sp³-hybridized carbons (Fsp3) is 0.333. The highest BCUT2D eigenvalue weighted by Crippen LogP contribution is 2.19. The van der Waals surface area contributed by atoms with Crippen molar-refractivity contribution >= 4 is 34.7 Å². The van der Waals surface area contributed by atoms with E-state index in [1.165, 1.54) is 18.2 Å². The molecule has 3 N–H and O–H groups in total. The number of halogens is 2. The van der Waals surface area contributed by atoms with E-state index >= 15 is 0 Å². The van der Waals surface area contributed by atoms with Gasteiger partial charge in [0.1, 0.15) is 5.82 Å². The second kappa shape index (κ2) is 5.63. The molecule has 0 aliphatic heterocycles. The number of carbonyl (C=O) groups is 1. The zero-order valence-electron chi connectivity index (χ0n) is 10.1. The Hall–Kier alpha value is -1.20. The maximum atomic E-state index is 13.5. The highest BCUT2D eigenvalue weighted by atomic mass is 35.5. The van der Waals surface area contributed by atoms with Gasteiger partial charge in [0.2, 0.25) is 5.91 Å². The molecule has 0 saturated heterocycles. The van der Waals surface area contributed by atoms with Crippen molar-refractivity contribution in [3.05, 3.63) is 34.6 Å². The normalized spacial score (nSPS) is 11.1. The zero-order valence-corrected chi connectivity index (χ0v) is 11.7. The van der Waals surface area contributed by atoms with E-state index in [0.717, 1.165) is 0 Å². The fourth-order valence-corrected chi connectivity index (χ4v) is 1.60. The predicted octanol–water partition coefficient (Wildman–Crippen LogP) is 2.20. The lowest BCUT2D eigenvalue weighted by Crippen LogP contribution is -2.52. The van der Waals surface area contributed by atoms with Crippen molar-refractivity contribution in [2.45, 2.75) is 25.8 Å². The molecule has 0 heterocycles. The van der Waals surface area contributed by atoms with Gasteiger partial charge in [0.05, 0.1) is 16.9 Å². The average Bonchev–Trinajstić information content (AvgIpc) is 2.22. The first-order valence-corrected chi connectivity index (χ1v) is 6.06. The second-order valence-electron chi connectivity index (χ2n) is 4.41. The van der Waals surface area contributed by atoms with Gasteiger partial charge in [-0.15, -0.1) is 0 Å². The number of nitrogens with two attached hydrogens (primary N) is 1. The Balaban J connectivity index is 2.80. The van der Waals surface area contributed by atoms with Crippen LogP contribution in [0.4, 0.5) is 4.39 Å². The maximum absolute atomic E-state index is 13.5. The third kappa shape index (κ3) is 3.65. The molecular formula is C12H14ClFN2OS. The van der Waals surface area contributed by atoms with E-state index in [-0.39, 0.29) is 27.9 Å². The molecule has 0 fully saturated rings. The largest absolute Gasteiger partial charge is 0.391 e. The van der Waals surface area contributed by atoms with Crippen molar-refractivity contribution in [1.82, 2.24) is 5.32 Å². The molecule has 98 valence electrons. The fourth-order valence-electron chi connectivity index (χ4n) is 1.32. The first-order valence-electron chi connectivity index (χ1n) is 5.28. The monoisotopic (exact) mass is 288 g/mol. The topological polar surface area (TPSA) is 55.1 Å². The number of rotatable bonds is 4. The van der Waals surface area contributed by atoms with Crippen LogP contribution in [-0.4, -0.2) is 16.4 Å². The Labute approximate surface area is 115 Å². The smallest absolute Gasteiger partial charge is 0.225 e. The molecule has 1 rings (SSSR count). The molecule has 0 unspecified atom stereocenters. The van der Waals surface area contributed by atoms with Crippen LogP contribution in [0.15, 0.2) is 18.2 Å². The highest BCUT2D eigenvalue weighted by Gasteiger charge is 2.24. The van der Waals surface area contributed by atoms with Crippen LogP contribution in [0.2, 0.25) is 5.02 Å². The van der Waals surface area contributed by atoms with Crippen molar-refractivity contribution in [3.8, 4) is 0 Å². The molecule has 0 aliphatic rings. The van der Waals surface area contributed by atoms with Gasteiger partial charge in [-0.25, -0.2) is 4.39 Å². The Kier molecular flexibility index (Phi) is 4.65. The van der Waals surface area contributed by atoms with Gasteiger partial charge in [-0.1, -0.05) is 29.9 Å². The number of hydrogen-bond donors (Lipinski definition) is 2. The summed E-state index contributed by atoms with van der Waals surface area (Å²) >= 11 is 10.7. The number of nitrogens with one attached hydrogen (secondary N) is 1. The molecule has 6 heteroatoms. The average molecular weight is 289 g/mol. The molecule has 0 radical (unpaired) electrons. The molecule has 1 aromatic rings. The van der Waals surface area contributed by atoms with E-state index in [1.807, 2.05) is 0 Å². The minimum Gasteiger partial charge on any atom is -0.391 e. The lowest BCUT2D eigenvalue weighted by molar-refractivity contribution is -0.121. The molecule has 0 atom stereocenters. The Morgan fingerprint density at radius 1 is 1.56 bits per heavy atom. The van der Waals surface area contributed by atoms with E-state index in [4.69, 9.17) is 29.6 Å². The summed E-state index contributed by atoms with van der Waals surface area (Å²) in [5, 5.41) is 2.85. The van der Waals surface area contributed by atoms with Gasteiger partial charge in [-0.05, 0) is 26.0 Å². The van der Waals surface area contributed by atoms with Crippen molar-refractivity contribution in [3.63, 3.8) is 0 Å². The third-order valence-corrected chi connectivity index (χ3v) is 3.33. The molecule has 0 aromatic heterocycles. The van der Waals surface area contributed by atoms with Crippen LogP contribution >= 0.6 is 23.8 Å². The lowest BCUT2D eigenvalue weighted by atomic mass is 10.0. The molecule has 18 heavy (non-hydrogen) atoms. The van der Waals surface area contributed by atoms with E-state index < -0.39 is 11.4 Å². The van der Waals surface area contributed by atoms with E-state index in [9.17, 15) is 9.18 Å². The van der Waals surface area contributed by atoms with Gasteiger partial charge < -0.3 is 11.1 Å². The van der Waals surface area contributed by atoms with Gasteiger partial charge in [-0.3, -0.25) is 4.79 Å². The summed E-state index contributed by atoms with van der Waals surface area (Å²) < 4.78 is 13.5. The van der Waals surface area contributed by atoms with Crippen LogP contribution in [0, 0.1) is 5.82 Å². The first kappa shape index (κ1) is 14.9. The Bertz CT molecular complexity index is 471. The molecule has 0 aliphatic carbocycles. The summed E-state index contributed by atoms with van der Waals surface area (Å²) in [5.41, 5.74) is 4.84. The van der Waals surface area contributed by atoms with E-state index in [0.29, 0.717) is 0 Å². The van der Waals surface area contributed by atoms with E-state index in [1.54, 1.807) is 13.8 Å². The summed E-state index contributed by atoms with van der Waals surface area (Å²) in [4.78, 5) is 11.9.